The van der Waals surface area contributed by atoms with Crippen molar-refractivity contribution in [2.24, 2.45) is 0 Å². The van der Waals surface area contributed by atoms with Crippen LogP contribution in [-0.2, 0) is 6.61 Å². The molecule has 0 heterocycles. The summed E-state index contributed by atoms with van der Waals surface area (Å²) >= 11 is 0. The minimum atomic E-state index is -0.270. The number of methoxy groups -OCH3 is 1. The van der Waals surface area contributed by atoms with Gasteiger partial charge < -0.3 is 9.47 Å². The summed E-state index contributed by atoms with van der Waals surface area (Å²) in [6, 6.07) is 23.3. The maximum absolute atomic E-state index is 13.0. The van der Waals surface area contributed by atoms with Crippen LogP contribution in [0.15, 0.2) is 72.8 Å². The molecule has 0 saturated heterocycles. The predicted molar refractivity (Wildman–Crippen MR) is 104 cm³/mol. The van der Waals surface area contributed by atoms with E-state index in [9.17, 15) is 9.65 Å². The average molecular weight is 359 g/mol. The fourth-order valence-electron chi connectivity index (χ4n) is 2.56. The van der Waals surface area contributed by atoms with Crippen LogP contribution >= 0.6 is 0 Å². The standard InChI is InChI=1S/C23H18FNO2/c1-26-22-11-7-19(8-12-22)20(15-25)13-18-3-2-4-23(14-18)27-16-17-5-9-21(24)10-6-17/h2-14H,16H2,1H3/b20-13+. The summed E-state index contributed by atoms with van der Waals surface area (Å²) in [6.07, 6.45) is 1.81. The second kappa shape index (κ2) is 8.68. The molecule has 0 saturated carbocycles. The van der Waals surface area contributed by atoms with Gasteiger partial charge >= 0.3 is 0 Å². The first-order chi connectivity index (χ1) is 13.2. The smallest absolute Gasteiger partial charge is 0.123 e. The number of allylic oxidation sites excluding steroid dienone is 1. The summed E-state index contributed by atoms with van der Waals surface area (Å²) in [4.78, 5) is 0. The zero-order valence-corrected chi connectivity index (χ0v) is 14.9. The number of ether oxygens (including phenoxy) is 2. The monoisotopic (exact) mass is 359 g/mol. The second-order valence-electron chi connectivity index (χ2n) is 5.89. The van der Waals surface area contributed by atoms with Gasteiger partial charge in [0.25, 0.3) is 0 Å². The molecule has 0 amide bonds. The second-order valence-corrected chi connectivity index (χ2v) is 5.89. The van der Waals surface area contributed by atoms with Gasteiger partial charge in [-0.25, -0.2) is 4.39 Å². The molecule has 134 valence electrons. The summed E-state index contributed by atoms with van der Waals surface area (Å²) in [5, 5.41) is 9.50. The Morgan fingerprint density at radius 1 is 1.00 bits per heavy atom. The molecule has 0 aromatic heterocycles. The third kappa shape index (κ3) is 4.96. The van der Waals surface area contributed by atoms with Crippen molar-refractivity contribution in [2.75, 3.05) is 7.11 Å². The number of benzene rings is 3. The van der Waals surface area contributed by atoms with Crippen LogP contribution in [0.25, 0.3) is 11.6 Å². The van der Waals surface area contributed by atoms with Crippen molar-refractivity contribution in [3.05, 3.63) is 95.3 Å². The van der Waals surface area contributed by atoms with E-state index in [0.717, 1.165) is 22.4 Å². The molecule has 0 unspecified atom stereocenters. The van der Waals surface area contributed by atoms with E-state index < -0.39 is 0 Å². The molecule has 0 aliphatic rings. The van der Waals surface area contributed by atoms with Crippen LogP contribution in [0.4, 0.5) is 4.39 Å². The van der Waals surface area contributed by atoms with Crippen molar-refractivity contribution in [2.45, 2.75) is 6.61 Å². The predicted octanol–water partition coefficient (Wildman–Crippen LogP) is 5.48. The number of nitriles is 1. The Morgan fingerprint density at radius 2 is 1.74 bits per heavy atom. The molecule has 0 aliphatic carbocycles. The fourth-order valence-corrected chi connectivity index (χ4v) is 2.56. The summed E-state index contributed by atoms with van der Waals surface area (Å²) in [6.45, 7) is 0.344. The summed E-state index contributed by atoms with van der Waals surface area (Å²) in [5.74, 6) is 1.15. The highest BCUT2D eigenvalue weighted by Crippen LogP contribution is 2.23. The molecule has 0 atom stereocenters. The Kier molecular flexibility index (Phi) is 5.86. The maximum Gasteiger partial charge on any atom is 0.123 e. The number of nitrogens with zero attached hydrogens (tertiary/aromatic N) is 1. The molecule has 3 aromatic rings. The van der Waals surface area contributed by atoms with Crippen LogP contribution in [0.1, 0.15) is 16.7 Å². The Bertz CT molecular complexity index is 971. The lowest BCUT2D eigenvalue weighted by molar-refractivity contribution is 0.306. The minimum absolute atomic E-state index is 0.270. The third-order valence-corrected chi connectivity index (χ3v) is 4.01. The largest absolute Gasteiger partial charge is 0.497 e. The van der Waals surface area contributed by atoms with E-state index in [1.165, 1.54) is 12.1 Å². The van der Waals surface area contributed by atoms with E-state index in [-0.39, 0.29) is 5.82 Å². The molecule has 0 N–H and O–H groups in total. The van der Waals surface area contributed by atoms with Crippen LogP contribution in [0, 0.1) is 17.1 Å². The normalized spacial score (nSPS) is 10.9. The summed E-state index contributed by atoms with van der Waals surface area (Å²) in [5.41, 5.74) is 3.11. The zero-order chi connectivity index (χ0) is 19.1. The van der Waals surface area contributed by atoms with E-state index >= 15 is 0 Å². The summed E-state index contributed by atoms with van der Waals surface area (Å²) < 4.78 is 23.9. The molecule has 3 aromatic carbocycles. The van der Waals surface area contributed by atoms with Gasteiger partial charge in [0.05, 0.1) is 18.8 Å². The van der Waals surface area contributed by atoms with Gasteiger partial charge in [-0.2, -0.15) is 5.26 Å². The van der Waals surface area contributed by atoms with Gasteiger partial charge in [-0.15, -0.1) is 0 Å². The van der Waals surface area contributed by atoms with Crippen LogP contribution in [0.3, 0.4) is 0 Å². The highest BCUT2D eigenvalue weighted by Gasteiger charge is 2.03. The van der Waals surface area contributed by atoms with Crippen molar-refractivity contribution in [3.8, 4) is 17.6 Å². The first-order valence-corrected chi connectivity index (χ1v) is 8.41. The molecule has 3 nitrogen and oxygen atoms in total. The van der Waals surface area contributed by atoms with Gasteiger partial charge in [-0.05, 0) is 71.3 Å². The van der Waals surface area contributed by atoms with Crippen LogP contribution < -0.4 is 9.47 Å². The molecule has 0 bridgehead atoms. The van der Waals surface area contributed by atoms with E-state index in [2.05, 4.69) is 6.07 Å². The number of halogens is 1. The molecule has 27 heavy (non-hydrogen) atoms. The maximum atomic E-state index is 13.0. The van der Waals surface area contributed by atoms with Gasteiger partial charge in [0, 0.05) is 0 Å². The van der Waals surface area contributed by atoms with Crippen molar-refractivity contribution < 1.29 is 13.9 Å². The number of hydrogen-bond acceptors (Lipinski definition) is 3. The molecule has 3 rings (SSSR count). The number of hydrogen-bond donors (Lipinski definition) is 0. The average Bonchev–Trinajstić information content (AvgIpc) is 2.72. The van der Waals surface area contributed by atoms with Crippen LogP contribution in [0.2, 0.25) is 0 Å². The first-order valence-electron chi connectivity index (χ1n) is 8.41. The first kappa shape index (κ1) is 18.2. The SMILES string of the molecule is COc1ccc(/C(C#N)=C/c2cccc(OCc3ccc(F)cc3)c2)cc1. The molecule has 0 aliphatic heterocycles. The summed E-state index contributed by atoms with van der Waals surface area (Å²) in [7, 11) is 1.60. The van der Waals surface area contributed by atoms with Crippen molar-refractivity contribution in [3.63, 3.8) is 0 Å². The third-order valence-electron chi connectivity index (χ3n) is 4.01. The topological polar surface area (TPSA) is 42.2 Å². The van der Waals surface area contributed by atoms with Crippen LogP contribution in [0.5, 0.6) is 11.5 Å². The molecular weight excluding hydrogens is 341 g/mol. The Hall–Kier alpha value is -3.58. The van der Waals surface area contributed by atoms with Gasteiger partial charge in [-0.1, -0.05) is 24.3 Å². The zero-order valence-electron chi connectivity index (χ0n) is 14.9. The lowest BCUT2D eigenvalue weighted by Crippen LogP contribution is -1.95. The van der Waals surface area contributed by atoms with E-state index in [1.54, 1.807) is 19.2 Å². The van der Waals surface area contributed by atoms with Gasteiger partial charge in [0.2, 0.25) is 0 Å². The lowest BCUT2D eigenvalue weighted by atomic mass is 10.0. The number of rotatable bonds is 6. The van der Waals surface area contributed by atoms with Crippen molar-refractivity contribution in [1.29, 1.82) is 5.26 Å². The molecule has 0 radical (unpaired) electrons. The van der Waals surface area contributed by atoms with E-state index in [4.69, 9.17) is 9.47 Å². The minimum Gasteiger partial charge on any atom is -0.497 e. The van der Waals surface area contributed by atoms with E-state index in [0.29, 0.717) is 17.9 Å². The van der Waals surface area contributed by atoms with E-state index in [1.807, 2.05) is 54.6 Å². The molecular formula is C23H18FNO2. The molecule has 0 fully saturated rings. The van der Waals surface area contributed by atoms with Crippen LogP contribution in [-0.4, -0.2) is 7.11 Å². The van der Waals surface area contributed by atoms with Crippen molar-refractivity contribution in [1.82, 2.24) is 0 Å². The van der Waals surface area contributed by atoms with Crippen molar-refractivity contribution >= 4 is 11.6 Å². The Balaban J connectivity index is 1.75. The fraction of sp³-hybridized carbons (Fsp3) is 0.0870. The Morgan fingerprint density at radius 3 is 2.41 bits per heavy atom. The highest BCUT2D eigenvalue weighted by atomic mass is 19.1. The lowest BCUT2D eigenvalue weighted by Gasteiger charge is -2.07. The Labute approximate surface area is 157 Å². The van der Waals surface area contributed by atoms with Gasteiger partial charge in [-0.3, -0.25) is 0 Å². The molecule has 4 heteroatoms. The van der Waals surface area contributed by atoms with Gasteiger partial charge in [0.1, 0.15) is 23.9 Å². The molecule has 0 spiro atoms. The quantitative estimate of drug-likeness (QED) is 0.432. The highest BCUT2D eigenvalue weighted by molar-refractivity contribution is 5.89. The van der Waals surface area contributed by atoms with Gasteiger partial charge in [0.15, 0.2) is 0 Å².